The first kappa shape index (κ1) is 15.0. The van der Waals surface area contributed by atoms with Crippen molar-refractivity contribution in [2.45, 2.75) is 13.0 Å². The Hall–Kier alpha value is -1.04. The van der Waals surface area contributed by atoms with Crippen molar-refractivity contribution in [2.24, 2.45) is 5.73 Å². The van der Waals surface area contributed by atoms with Gasteiger partial charge in [-0.1, -0.05) is 11.6 Å². The maximum Gasteiger partial charge on any atom is 0.356 e. The van der Waals surface area contributed by atoms with Gasteiger partial charge in [0, 0.05) is 12.1 Å². The summed E-state index contributed by atoms with van der Waals surface area (Å²) < 4.78 is 5.16. The highest BCUT2D eigenvalue weighted by molar-refractivity contribution is 6.33. The van der Waals surface area contributed by atoms with Crippen LogP contribution in [0.15, 0.2) is 12.1 Å². The van der Waals surface area contributed by atoms with E-state index < -0.39 is 5.97 Å². The van der Waals surface area contributed by atoms with E-state index in [1.165, 1.54) is 12.1 Å². The van der Waals surface area contributed by atoms with Crippen molar-refractivity contribution >= 4 is 30.0 Å². The van der Waals surface area contributed by atoms with Crippen LogP contribution in [0.4, 0.5) is 0 Å². The fraction of sp³-hybridized carbons (Fsp3) is 0.333. The molecule has 0 fully saturated rings. The first-order valence-corrected chi connectivity index (χ1v) is 4.66. The standard InChI is InChI=1S/C9H11ClN2O3.ClH/c1-5(11)4-15-7-3-2-6(10)8(12-7)9(13)14;/h2-3,5H,4,11H2,1H3,(H,13,14);1H. The molecule has 16 heavy (non-hydrogen) atoms. The van der Waals surface area contributed by atoms with Gasteiger partial charge in [-0.2, -0.15) is 0 Å². The number of aromatic nitrogens is 1. The first-order chi connectivity index (χ1) is 7.00. The number of pyridine rings is 1. The van der Waals surface area contributed by atoms with E-state index in [9.17, 15) is 4.79 Å². The van der Waals surface area contributed by atoms with E-state index in [0.717, 1.165) is 0 Å². The second kappa shape index (κ2) is 6.52. The van der Waals surface area contributed by atoms with E-state index in [1.807, 2.05) is 0 Å². The minimum absolute atomic E-state index is 0. The molecule has 0 saturated heterocycles. The lowest BCUT2D eigenvalue weighted by Gasteiger charge is -2.08. The third kappa shape index (κ3) is 4.22. The van der Waals surface area contributed by atoms with Crippen LogP contribution >= 0.6 is 24.0 Å². The van der Waals surface area contributed by atoms with Crippen LogP contribution in [0, 0.1) is 0 Å². The predicted molar refractivity (Wildman–Crippen MR) is 62.6 cm³/mol. The molecule has 0 bridgehead atoms. The maximum absolute atomic E-state index is 10.7. The number of aromatic carboxylic acids is 1. The monoisotopic (exact) mass is 266 g/mol. The highest BCUT2D eigenvalue weighted by atomic mass is 35.5. The summed E-state index contributed by atoms with van der Waals surface area (Å²) in [5.41, 5.74) is 5.25. The van der Waals surface area contributed by atoms with Crippen LogP contribution in [0.2, 0.25) is 5.02 Å². The summed E-state index contributed by atoms with van der Waals surface area (Å²) in [5.74, 6) is -0.986. The van der Waals surface area contributed by atoms with Gasteiger partial charge in [0.2, 0.25) is 5.88 Å². The number of nitrogens with two attached hydrogens (primary N) is 1. The molecule has 0 aliphatic heterocycles. The second-order valence-electron chi connectivity index (χ2n) is 3.07. The van der Waals surface area contributed by atoms with Gasteiger partial charge in [-0.3, -0.25) is 0 Å². The summed E-state index contributed by atoms with van der Waals surface area (Å²) in [6, 6.07) is 2.78. The summed E-state index contributed by atoms with van der Waals surface area (Å²) >= 11 is 5.63. The van der Waals surface area contributed by atoms with Gasteiger partial charge in [0.05, 0.1) is 5.02 Å². The molecule has 5 nitrogen and oxygen atoms in total. The van der Waals surface area contributed by atoms with Gasteiger partial charge < -0.3 is 15.6 Å². The van der Waals surface area contributed by atoms with E-state index in [1.54, 1.807) is 6.92 Å². The van der Waals surface area contributed by atoms with Crippen molar-refractivity contribution in [1.29, 1.82) is 0 Å². The zero-order chi connectivity index (χ0) is 11.4. The summed E-state index contributed by atoms with van der Waals surface area (Å²) in [5, 5.41) is 8.82. The molecule has 0 radical (unpaired) electrons. The number of nitrogens with zero attached hydrogens (tertiary/aromatic N) is 1. The largest absolute Gasteiger partial charge is 0.476 e. The van der Waals surface area contributed by atoms with Crippen LogP contribution in [-0.4, -0.2) is 28.7 Å². The Kier molecular flexibility index (Phi) is 6.10. The number of hydrogen-bond donors (Lipinski definition) is 2. The van der Waals surface area contributed by atoms with E-state index in [0.29, 0.717) is 0 Å². The molecule has 1 rings (SSSR count). The smallest absolute Gasteiger partial charge is 0.356 e. The van der Waals surface area contributed by atoms with Gasteiger partial charge in [0.1, 0.15) is 6.61 Å². The molecule has 1 unspecified atom stereocenters. The van der Waals surface area contributed by atoms with E-state index >= 15 is 0 Å². The van der Waals surface area contributed by atoms with Crippen molar-refractivity contribution in [2.75, 3.05) is 6.61 Å². The van der Waals surface area contributed by atoms with Crippen LogP contribution in [0.25, 0.3) is 0 Å². The Morgan fingerprint density at radius 3 is 2.81 bits per heavy atom. The molecule has 0 aliphatic rings. The predicted octanol–water partition coefficient (Wildman–Crippen LogP) is 1.58. The molecule has 1 atom stereocenters. The molecule has 0 aliphatic carbocycles. The summed E-state index contributed by atoms with van der Waals surface area (Å²) in [6.07, 6.45) is 0. The van der Waals surface area contributed by atoms with Crippen molar-refractivity contribution in [3.05, 3.63) is 22.8 Å². The van der Waals surface area contributed by atoms with Crippen molar-refractivity contribution < 1.29 is 14.6 Å². The lowest BCUT2D eigenvalue weighted by atomic mass is 10.3. The average Bonchev–Trinajstić information content (AvgIpc) is 2.16. The molecule has 7 heteroatoms. The van der Waals surface area contributed by atoms with Gasteiger partial charge in [-0.15, -0.1) is 12.4 Å². The molecule has 0 amide bonds. The Labute approximate surface area is 104 Å². The van der Waals surface area contributed by atoms with Crippen molar-refractivity contribution in [1.82, 2.24) is 4.98 Å². The quantitative estimate of drug-likeness (QED) is 0.865. The second-order valence-corrected chi connectivity index (χ2v) is 3.48. The van der Waals surface area contributed by atoms with Crippen LogP contribution < -0.4 is 10.5 Å². The summed E-state index contributed by atoms with van der Waals surface area (Å²) in [7, 11) is 0. The molecule has 90 valence electrons. The molecular formula is C9H12Cl2N2O3. The number of carboxylic acids is 1. The Balaban J connectivity index is 0.00000225. The Morgan fingerprint density at radius 1 is 1.69 bits per heavy atom. The minimum atomic E-state index is -1.19. The van der Waals surface area contributed by atoms with E-state index in [4.69, 9.17) is 27.2 Å². The number of carbonyl (C=O) groups is 1. The van der Waals surface area contributed by atoms with Gasteiger partial charge >= 0.3 is 5.97 Å². The lowest BCUT2D eigenvalue weighted by molar-refractivity contribution is 0.0689. The molecule has 1 aromatic heterocycles. The highest BCUT2D eigenvalue weighted by Crippen LogP contribution is 2.17. The maximum atomic E-state index is 10.7. The van der Waals surface area contributed by atoms with Gasteiger partial charge in [0.25, 0.3) is 0 Å². The van der Waals surface area contributed by atoms with Crippen molar-refractivity contribution in [3.63, 3.8) is 0 Å². The third-order valence-corrected chi connectivity index (χ3v) is 1.82. The average molecular weight is 267 g/mol. The zero-order valence-corrected chi connectivity index (χ0v) is 10.1. The van der Waals surface area contributed by atoms with E-state index in [2.05, 4.69) is 4.98 Å². The van der Waals surface area contributed by atoms with Gasteiger partial charge in [0.15, 0.2) is 5.69 Å². The van der Waals surface area contributed by atoms with Gasteiger partial charge in [-0.05, 0) is 13.0 Å². The molecule has 1 aromatic rings. The first-order valence-electron chi connectivity index (χ1n) is 4.29. The zero-order valence-electron chi connectivity index (χ0n) is 8.51. The number of carboxylic acid groups (broad SMARTS) is 1. The molecule has 0 spiro atoms. The lowest BCUT2D eigenvalue weighted by Crippen LogP contribution is -2.24. The fourth-order valence-electron chi connectivity index (χ4n) is 0.871. The van der Waals surface area contributed by atoms with Crippen LogP contribution in [0.5, 0.6) is 5.88 Å². The number of halogens is 2. The molecular weight excluding hydrogens is 255 g/mol. The fourth-order valence-corrected chi connectivity index (χ4v) is 1.06. The number of hydrogen-bond acceptors (Lipinski definition) is 4. The molecule has 0 saturated carbocycles. The third-order valence-electron chi connectivity index (χ3n) is 1.52. The number of ether oxygens (including phenoxy) is 1. The molecule has 1 heterocycles. The Morgan fingerprint density at radius 2 is 2.31 bits per heavy atom. The summed E-state index contributed by atoms with van der Waals surface area (Å²) in [4.78, 5) is 14.4. The van der Waals surface area contributed by atoms with Crippen LogP contribution in [0.3, 0.4) is 0 Å². The van der Waals surface area contributed by atoms with Crippen LogP contribution in [-0.2, 0) is 0 Å². The van der Waals surface area contributed by atoms with E-state index in [-0.39, 0.29) is 41.7 Å². The highest BCUT2D eigenvalue weighted by Gasteiger charge is 2.12. The number of rotatable bonds is 4. The molecule has 3 N–H and O–H groups in total. The Bertz CT molecular complexity index is 372. The topological polar surface area (TPSA) is 85.4 Å². The van der Waals surface area contributed by atoms with Crippen molar-refractivity contribution in [3.8, 4) is 5.88 Å². The van der Waals surface area contributed by atoms with Gasteiger partial charge in [-0.25, -0.2) is 9.78 Å². The summed E-state index contributed by atoms with van der Waals surface area (Å²) in [6.45, 7) is 2.04. The van der Waals surface area contributed by atoms with Crippen LogP contribution in [0.1, 0.15) is 17.4 Å². The molecule has 0 aromatic carbocycles. The minimum Gasteiger partial charge on any atom is -0.476 e. The SMILES string of the molecule is CC(N)COc1ccc(Cl)c(C(=O)O)n1.Cl. The normalized spacial score (nSPS) is 11.4.